The van der Waals surface area contributed by atoms with Crippen LogP contribution >= 0.6 is 0 Å². The van der Waals surface area contributed by atoms with Crippen molar-refractivity contribution in [2.45, 2.75) is 20.5 Å². The number of aryl methyl sites for hydroxylation is 1. The summed E-state index contributed by atoms with van der Waals surface area (Å²) in [5, 5.41) is 0. The lowest BCUT2D eigenvalue weighted by atomic mass is 10.1. The maximum absolute atomic E-state index is 13.2. The number of benzene rings is 1. The summed E-state index contributed by atoms with van der Waals surface area (Å²) in [5.41, 5.74) is 0.298. The Kier molecular flexibility index (Phi) is 3.34. The topological polar surface area (TPSA) is 26.3 Å². The van der Waals surface area contributed by atoms with Gasteiger partial charge in [0.25, 0.3) is 0 Å². The Balaban J connectivity index is 3.15. The predicted octanol–water partition coefficient (Wildman–Crippen LogP) is 2.94. The Morgan fingerprint density at radius 1 is 1.40 bits per heavy atom. The minimum atomic E-state index is -3.08. The minimum Gasteiger partial charge on any atom is -0.431 e. The smallest absolute Gasteiger partial charge is 0.387 e. The van der Waals surface area contributed by atoms with Gasteiger partial charge in [-0.2, -0.15) is 8.78 Å². The van der Waals surface area contributed by atoms with Crippen LogP contribution < -0.4 is 4.74 Å². The van der Waals surface area contributed by atoms with E-state index in [2.05, 4.69) is 4.74 Å². The summed E-state index contributed by atoms with van der Waals surface area (Å²) in [6.45, 7) is -0.420. The van der Waals surface area contributed by atoms with Gasteiger partial charge in [-0.05, 0) is 31.5 Å². The van der Waals surface area contributed by atoms with Crippen molar-refractivity contribution in [1.82, 2.24) is 0 Å². The quantitative estimate of drug-likeness (QED) is 0.729. The molecule has 0 unspecified atom stereocenters. The number of ketones is 1. The second kappa shape index (κ2) is 4.33. The summed E-state index contributed by atoms with van der Waals surface area (Å²) in [6, 6.07) is 2.19. The van der Waals surface area contributed by atoms with E-state index in [9.17, 15) is 18.0 Å². The molecule has 0 aliphatic heterocycles. The first-order valence-electron chi connectivity index (χ1n) is 4.17. The molecular formula is C10H9F3O2. The number of alkyl halides is 2. The molecule has 0 spiro atoms. The molecule has 0 saturated carbocycles. The molecule has 0 aliphatic carbocycles. The minimum absolute atomic E-state index is 0.131. The molecule has 0 aliphatic rings. The van der Waals surface area contributed by atoms with Crippen LogP contribution in [0.1, 0.15) is 22.8 Å². The third-order valence-electron chi connectivity index (χ3n) is 1.84. The number of halogens is 3. The van der Waals surface area contributed by atoms with Gasteiger partial charge in [0.1, 0.15) is 0 Å². The van der Waals surface area contributed by atoms with Gasteiger partial charge in [0.15, 0.2) is 17.3 Å². The van der Waals surface area contributed by atoms with Gasteiger partial charge in [0.2, 0.25) is 0 Å². The highest BCUT2D eigenvalue weighted by molar-refractivity contribution is 5.94. The zero-order chi connectivity index (χ0) is 11.6. The number of hydrogen-bond donors (Lipinski definition) is 0. The Bertz CT molecular complexity index is 365. The summed E-state index contributed by atoms with van der Waals surface area (Å²) >= 11 is 0. The molecule has 0 bridgehead atoms. The van der Waals surface area contributed by atoms with Crippen molar-refractivity contribution in [2.75, 3.05) is 0 Å². The predicted molar refractivity (Wildman–Crippen MR) is 47.8 cm³/mol. The van der Waals surface area contributed by atoms with Gasteiger partial charge in [-0.25, -0.2) is 4.39 Å². The lowest BCUT2D eigenvalue weighted by Crippen LogP contribution is -2.06. The maximum atomic E-state index is 13.2. The van der Waals surface area contributed by atoms with Crippen LogP contribution in [0.5, 0.6) is 5.75 Å². The molecule has 0 fully saturated rings. The third-order valence-corrected chi connectivity index (χ3v) is 1.84. The standard InChI is InChI=1S/C10H9F3O2/c1-5-3-7(6(2)14)4-8(11)9(5)15-10(12)13/h3-4,10H,1-2H3. The number of hydrogen-bond acceptors (Lipinski definition) is 2. The number of Topliss-reactive ketones (excluding diaryl/α,β-unsaturated/α-hetero) is 1. The molecule has 0 aromatic heterocycles. The van der Waals surface area contributed by atoms with Crippen molar-refractivity contribution in [2.24, 2.45) is 0 Å². The molecule has 0 heterocycles. The molecule has 0 atom stereocenters. The summed E-state index contributed by atoms with van der Waals surface area (Å²) < 4.78 is 41.0. The van der Waals surface area contributed by atoms with Crippen molar-refractivity contribution < 1.29 is 22.7 Å². The van der Waals surface area contributed by atoms with Crippen LogP contribution in [-0.4, -0.2) is 12.4 Å². The fourth-order valence-electron chi connectivity index (χ4n) is 1.17. The second-order valence-corrected chi connectivity index (χ2v) is 3.04. The average molecular weight is 218 g/mol. The van der Waals surface area contributed by atoms with Gasteiger partial charge < -0.3 is 4.74 Å². The number of rotatable bonds is 3. The zero-order valence-electron chi connectivity index (χ0n) is 8.18. The van der Waals surface area contributed by atoms with E-state index in [0.717, 1.165) is 6.07 Å². The Labute approximate surface area is 84.7 Å². The summed E-state index contributed by atoms with van der Waals surface area (Å²) in [5.74, 6) is -1.81. The normalized spacial score (nSPS) is 10.5. The first kappa shape index (κ1) is 11.6. The number of ether oxygens (including phenoxy) is 1. The van der Waals surface area contributed by atoms with E-state index in [1.54, 1.807) is 0 Å². The van der Waals surface area contributed by atoms with Crippen LogP contribution in [0.25, 0.3) is 0 Å². The van der Waals surface area contributed by atoms with Gasteiger partial charge in [-0.15, -0.1) is 0 Å². The lowest BCUT2D eigenvalue weighted by molar-refractivity contribution is -0.0526. The number of carbonyl (C=O) groups is 1. The Morgan fingerprint density at radius 3 is 2.40 bits per heavy atom. The molecular weight excluding hydrogens is 209 g/mol. The highest BCUT2D eigenvalue weighted by Gasteiger charge is 2.15. The maximum Gasteiger partial charge on any atom is 0.387 e. The fraction of sp³-hybridized carbons (Fsp3) is 0.300. The Morgan fingerprint density at radius 2 is 2.00 bits per heavy atom. The van der Waals surface area contributed by atoms with E-state index in [1.807, 2.05) is 0 Å². The van der Waals surface area contributed by atoms with E-state index in [0.29, 0.717) is 0 Å². The van der Waals surface area contributed by atoms with Gasteiger partial charge in [0.05, 0.1) is 0 Å². The second-order valence-electron chi connectivity index (χ2n) is 3.04. The van der Waals surface area contributed by atoms with Crippen LogP contribution in [0.15, 0.2) is 12.1 Å². The van der Waals surface area contributed by atoms with Crippen LogP contribution in [0, 0.1) is 12.7 Å². The van der Waals surface area contributed by atoms with Crippen LogP contribution in [-0.2, 0) is 0 Å². The van der Waals surface area contributed by atoms with Gasteiger partial charge >= 0.3 is 6.61 Å². The highest BCUT2D eigenvalue weighted by atomic mass is 19.3. The molecule has 82 valence electrons. The molecule has 1 aromatic carbocycles. The lowest BCUT2D eigenvalue weighted by Gasteiger charge is -2.09. The molecule has 1 rings (SSSR count). The monoisotopic (exact) mass is 218 g/mol. The van der Waals surface area contributed by atoms with Gasteiger partial charge in [-0.1, -0.05) is 0 Å². The third kappa shape index (κ3) is 2.71. The Hall–Kier alpha value is -1.52. The summed E-state index contributed by atoms with van der Waals surface area (Å²) in [7, 11) is 0. The van der Waals surface area contributed by atoms with Crippen LogP contribution in [0.2, 0.25) is 0 Å². The van der Waals surface area contributed by atoms with Crippen LogP contribution in [0.4, 0.5) is 13.2 Å². The summed E-state index contributed by atoms with van der Waals surface area (Å²) in [6.07, 6.45) is 0. The van der Waals surface area contributed by atoms with E-state index >= 15 is 0 Å². The van der Waals surface area contributed by atoms with E-state index in [1.165, 1.54) is 19.9 Å². The molecule has 1 aromatic rings. The highest BCUT2D eigenvalue weighted by Crippen LogP contribution is 2.25. The van der Waals surface area contributed by atoms with Crippen LogP contribution in [0.3, 0.4) is 0 Å². The van der Waals surface area contributed by atoms with Crippen molar-refractivity contribution in [3.63, 3.8) is 0 Å². The fourth-order valence-corrected chi connectivity index (χ4v) is 1.17. The molecule has 0 N–H and O–H groups in total. The first-order chi connectivity index (χ1) is 6.91. The molecule has 5 heteroatoms. The van der Waals surface area contributed by atoms with E-state index < -0.39 is 18.2 Å². The zero-order valence-corrected chi connectivity index (χ0v) is 8.18. The molecule has 0 radical (unpaired) electrons. The van der Waals surface area contributed by atoms with Gasteiger partial charge in [-0.3, -0.25) is 4.79 Å². The molecule has 0 saturated heterocycles. The van der Waals surface area contributed by atoms with Crippen molar-refractivity contribution in [3.8, 4) is 5.75 Å². The first-order valence-corrected chi connectivity index (χ1v) is 4.17. The number of carbonyl (C=O) groups excluding carboxylic acids is 1. The van der Waals surface area contributed by atoms with E-state index in [-0.39, 0.29) is 16.9 Å². The van der Waals surface area contributed by atoms with Gasteiger partial charge in [0, 0.05) is 5.56 Å². The van der Waals surface area contributed by atoms with E-state index in [4.69, 9.17) is 0 Å². The van der Waals surface area contributed by atoms with Crippen molar-refractivity contribution >= 4 is 5.78 Å². The summed E-state index contributed by atoms with van der Waals surface area (Å²) in [4.78, 5) is 10.9. The van der Waals surface area contributed by atoms with Crippen molar-refractivity contribution in [1.29, 1.82) is 0 Å². The molecule has 0 amide bonds. The van der Waals surface area contributed by atoms with Crippen molar-refractivity contribution in [3.05, 3.63) is 29.1 Å². The SMILES string of the molecule is CC(=O)c1cc(C)c(OC(F)F)c(F)c1. The molecule has 15 heavy (non-hydrogen) atoms. The average Bonchev–Trinajstić information content (AvgIpc) is 2.10. The molecule has 2 nitrogen and oxygen atoms in total. The largest absolute Gasteiger partial charge is 0.431 e.